The summed E-state index contributed by atoms with van der Waals surface area (Å²) >= 11 is 0. The molecule has 3 heteroatoms. The van der Waals surface area contributed by atoms with E-state index < -0.39 is 0 Å². The molecule has 0 aliphatic heterocycles. The Morgan fingerprint density at radius 2 is 1.73 bits per heavy atom. The fourth-order valence-electron chi connectivity index (χ4n) is 1.52. The third-order valence-corrected chi connectivity index (χ3v) is 2.31. The molecular weight excluding hydrogens is 188 g/mol. The highest BCUT2D eigenvalue weighted by molar-refractivity contribution is 5.35. The van der Waals surface area contributed by atoms with Gasteiger partial charge in [0, 0.05) is 17.6 Å². The number of aryl methyl sites for hydroxylation is 2. The smallest absolute Gasteiger partial charge is 0.273 e. The number of nitrogens with zero attached hydrogens (tertiary/aromatic N) is 2. The molecule has 1 heterocycles. The Morgan fingerprint density at radius 1 is 1.07 bits per heavy atom. The largest absolute Gasteiger partial charge is 0.279 e. The molecule has 0 saturated heterocycles. The highest BCUT2D eigenvalue weighted by Crippen LogP contribution is 2.08. The molecular formula is C12H12N2O. The maximum atomic E-state index is 11.6. The molecule has 15 heavy (non-hydrogen) atoms. The molecule has 0 aliphatic rings. The quantitative estimate of drug-likeness (QED) is 0.704. The molecule has 2 rings (SSSR count). The minimum absolute atomic E-state index is 0.0983. The lowest BCUT2D eigenvalue weighted by molar-refractivity contribution is 0.902. The molecule has 0 atom stereocenters. The fraction of sp³-hybridized carbons (Fsp3) is 0.167. The van der Waals surface area contributed by atoms with E-state index in [2.05, 4.69) is 4.98 Å². The van der Waals surface area contributed by atoms with Gasteiger partial charge in [-0.1, -0.05) is 17.7 Å². The van der Waals surface area contributed by atoms with E-state index in [4.69, 9.17) is 0 Å². The van der Waals surface area contributed by atoms with Gasteiger partial charge in [-0.15, -0.1) is 0 Å². The van der Waals surface area contributed by atoms with Gasteiger partial charge in [-0.05, 0) is 26.0 Å². The summed E-state index contributed by atoms with van der Waals surface area (Å²) in [4.78, 5) is 15.5. The summed E-state index contributed by atoms with van der Waals surface area (Å²) in [5, 5.41) is 0. The number of aromatic nitrogens is 2. The van der Waals surface area contributed by atoms with Gasteiger partial charge in [0.25, 0.3) is 5.56 Å². The molecule has 1 aromatic heterocycles. The maximum Gasteiger partial charge on any atom is 0.273 e. The molecule has 1 aromatic carbocycles. The first kappa shape index (κ1) is 9.65. The predicted octanol–water partition coefficient (Wildman–Crippen LogP) is 1.85. The van der Waals surface area contributed by atoms with Crippen LogP contribution in [0.5, 0.6) is 0 Å². The Morgan fingerprint density at radius 3 is 2.33 bits per heavy atom. The van der Waals surface area contributed by atoms with Crippen molar-refractivity contribution in [3.63, 3.8) is 0 Å². The van der Waals surface area contributed by atoms with Crippen molar-refractivity contribution in [1.29, 1.82) is 0 Å². The van der Waals surface area contributed by atoms with Crippen LogP contribution in [0.1, 0.15) is 11.3 Å². The first-order valence-electron chi connectivity index (χ1n) is 4.79. The summed E-state index contributed by atoms with van der Waals surface area (Å²) < 4.78 is 1.65. The van der Waals surface area contributed by atoms with E-state index in [-0.39, 0.29) is 5.56 Å². The predicted molar refractivity (Wildman–Crippen MR) is 59.3 cm³/mol. The van der Waals surface area contributed by atoms with Gasteiger partial charge < -0.3 is 0 Å². The molecule has 0 fully saturated rings. The van der Waals surface area contributed by atoms with Crippen molar-refractivity contribution in [2.24, 2.45) is 0 Å². The molecule has 0 N–H and O–H groups in total. The zero-order valence-corrected chi connectivity index (χ0v) is 8.77. The normalized spacial score (nSPS) is 10.3. The van der Waals surface area contributed by atoms with Crippen LogP contribution < -0.4 is 5.56 Å². The van der Waals surface area contributed by atoms with Crippen molar-refractivity contribution in [2.75, 3.05) is 0 Å². The average molecular weight is 200 g/mol. The minimum atomic E-state index is -0.0983. The lowest BCUT2D eigenvalue weighted by atomic mass is 10.2. The van der Waals surface area contributed by atoms with E-state index in [1.165, 1.54) is 11.8 Å². The van der Waals surface area contributed by atoms with Crippen LogP contribution in [0, 0.1) is 13.8 Å². The van der Waals surface area contributed by atoms with E-state index in [0.717, 1.165) is 11.4 Å². The Labute approximate surface area is 88.0 Å². The van der Waals surface area contributed by atoms with Crippen molar-refractivity contribution in [2.45, 2.75) is 13.8 Å². The maximum absolute atomic E-state index is 11.6. The van der Waals surface area contributed by atoms with Gasteiger partial charge >= 0.3 is 0 Å². The van der Waals surface area contributed by atoms with Gasteiger partial charge in [0.15, 0.2) is 0 Å². The lowest BCUT2D eigenvalue weighted by Crippen LogP contribution is -2.19. The van der Waals surface area contributed by atoms with Crippen molar-refractivity contribution in [3.8, 4) is 5.69 Å². The number of hydrogen-bond donors (Lipinski definition) is 0. The van der Waals surface area contributed by atoms with E-state index in [1.807, 2.05) is 38.1 Å². The number of hydrogen-bond acceptors (Lipinski definition) is 2. The molecule has 0 aliphatic carbocycles. The SMILES string of the molecule is Cc1ccc(-n2c(C)cncc2=O)cc1. The molecule has 3 nitrogen and oxygen atoms in total. The average Bonchev–Trinajstić information content (AvgIpc) is 2.20. The second kappa shape index (κ2) is 3.69. The van der Waals surface area contributed by atoms with Crippen LogP contribution in [0.2, 0.25) is 0 Å². The molecule has 76 valence electrons. The summed E-state index contributed by atoms with van der Waals surface area (Å²) in [6.45, 7) is 3.89. The Hall–Kier alpha value is -1.90. The first-order valence-corrected chi connectivity index (χ1v) is 4.79. The minimum Gasteiger partial charge on any atom is -0.279 e. The van der Waals surface area contributed by atoms with Crippen LogP contribution in [0.15, 0.2) is 41.5 Å². The first-order chi connectivity index (χ1) is 7.18. The summed E-state index contributed by atoms with van der Waals surface area (Å²) in [7, 11) is 0. The van der Waals surface area contributed by atoms with E-state index >= 15 is 0 Å². The Bertz CT molecular complexity index is 526. The summed E-state index contributed by atoms with van der Waals surface area (Å²) in [6, 6.07) is 7.84. The van der Waals surface area contributed by atoms with Crippen molar-refractivity contribution in [3.05, 3.63) is 58.3 Å². The highest BCUT2D eigenvalue weighted by atomic mass is 16.1. The van der Waals surface area contributed by atoms with Gasteiger partial charge in [0.05, 0.1) is 6.20 Å². The van der Waals surface area contributed by atoms with E-state index in [1.54, 1.807) is 10.8 Å². The van der Waals surface area contributed by atoms with Gasteiger partial charge in [-0.3, -0.25) is 14.3 Å². The molecule has 0 spiro atoms. The van der Waals surface area contributed by atoms with Crippen LogP contribution in [0.25, 0.3) is 5.69 Å². The Balaban J connectivity index is 2.64. The second-order valence-corrected chi connectivity index (χ2v) is 3.56. The van der Waals surface area contributed by atoms with Gasteiger partial charge in [-0.25, -0.2) is 0 Å². The van der Waals surface area contributed by atoms with Crippen molar-refractivity contribution < 1.29 is 0 Å². The molecule has 0 unspecified atom stereocenters. The summed E-state index contributed by atoms with van der Waals surface area (Å²) in [5.41, 5.74) is 2.80. The lowest BCUT2D eigenvalue weighted by Gasteiger charge is -2.08. The second-order valence-electron chi connectivity index (χ2n) is 3.56. The van der Waals surface area contributed by atoms with Gasteiger partial charge in [0.1, 0.15) is 0 Å². The third-order valence-electron chi connectivity index (χ3n) is 2.31. The molecule has 2 aromatic rings. The van der Waals surface area contributed by atoms with Gasteiger partial charge in [-0.2, -0.15) is 0 Å². The van der Waals surface area contributed by atoms with Crippen molar-refractivity contribution >= 4 is 0 Å². The molecule has 0 radical (unpaired) electrons. The van der Waals surface area contributed by atoms with E-state index in [9.17, 15) is 4.79 Å². The van der Waals surface area contributed by atoms with Crippen molar-refractivity contribution in [1.82, 2.24) is 9.55 Å². The summed E-state index contributed by atoms with van der Waals surface area (Å²) in [6.07, 6.45) is 3.01. The van der Waals surface area contributed by atoms with Crippen LogP contribution in [0.4, 0.5) is 0 Å². The molecule has 0 saturated carbocycles. The number of rotatable bonds is 1. The van der Waals surface area contributed by atoms with Gasteiger partial charge in [0.2, 0.25) is 0 Å². The monoisotopic (exact) mass is 200 g/mol. The summed E-state index contributed by atoms with van der Waals surface area (Å²) in [5.74, 6) is 0. The molecule has 0 amide bonds. The zero-order valence-electron chi connectivity index (χ0n) is 8.77. The van der Waals surface area contributed by atoms with Crippen LogP contribution in [-0.2, 0) is 0 Å². The standard InChI is InChI=1S/C12H12N2O/c1-9-3-5-11(6-4-9)14-10(2)7-13-8-12(14)15/h3-8H,1-2H3. The number of benzene rings is 1. The van der Waals surface area contributed by atoms with E-state index in [0.29, 0.717) is 0 Å². The van der Waals surface area contributed by atoms with Crippen LogP contribution >= 0.6 is 0 Å². The molecule has 0 bridgehead atoms. The highest BCUT2D eigenvalue weighted by Gasteiger charge is 2.01. The Kier molecular flexibility index (Phi) is 2.37. The third kappa shape index (κ3) is 1.81. The topological polar surface area (TPSA) is 34.9 Å². The zero-order chi connectivity index (χ0) is 10.8. The van der Waals surface area contributed by atoms with Crippen LogP contribution in [0.3, 0.4) is 0 Å². The van der Waals surface area contributed by atoms with Crippen LogP contribution in [-0.4, -0.2) is 9.55 Å². The fourth-order valence-corrected chi connectivity index (χ4v) is 1.52.